The van der Waals surface area contributed by atoms with E-state index in [9.17, 15) is 4.79 Å². The first-order valence-electron chi connectivity index (χ1n) is 10.2. The summed E-state index contributed by atoms with van der Waals surface area (Å²) in [6, 6.07) is 0. The van der Waals surface area contributed by atoms with E-state index in [-0.39, 0.29) is 11.8 Å². The van der Waals surface area contributed by atoms with Gasteiger partial charge in [0, 0.05) is 56.7 Å². The summed E-state index contributed by atoms with van der Waals surface area (Å²) in [7, 11) is 0. The maximum absolute atomic E-state index is 12.8. The van der Waals surface area contributed by atoms with Crippen LogP contribution in [0, 0.1) is 5.92 Å². The van der Waals surface area contributed by atoms with Gasteiger partial charge in [-0.3, -0.25) is 4.79 Å². The maximum atomic E-state index is 12.8. The molecule has 0 bridgehead atoms. The van der Waals surface area contributed by atoms with Gasteiger partial charge in [0.05, 0.1) is 13.2 Å². The van der Waals surface area contributed by atoms with Crippen molar-refractivity contribution in [2.75, 3.05) is 73.8 Å². The zero-order valence-corrected chi connectivity index (χ0v) is 17.1. The Morgan fingerprint density at radius 1 is 0.862 bits per heavy atom. The summed E-state index contributed by atoms with van der Waals surface area (Å²) in [5.74, 6) is 4.18. The average Bonchev–Trinajstić information content (AvgIpc) is 3.27. The highest BCUT2D eigenvalue weighted by atomic mass is 32.2. The van der Waals surface area contributed by atoms with Crippen molar-refractivity contribution in [1.82, 2.24) is 25.2 Å². The molecule has 0 saturated carbocycles. The Morgan fingerprint density at radius 3 is 2.07 bits per heavy atom. The molecule has 0 unspecified atom stereocenters. The van der Waals surface area contributed by atoms with Crippen LogP contribution in [0.3, 0.4) is 0 Å². The standard InChI is InChI=1S/C18H25N7O3S/c26-18(25-5-9-27-10-6-25)13-1-3-23(4-2-13)16-17(24-7-11-29-12-8-24)20-15-14(19-16)21-28-22-15/h13H,1-12H2. The fourth-order valence-corrected chi connectivity index (χ4v) is 5.10. The molecular formula is C18H25N7O3S. The Kier molecular flexibility index (Phi) is 5.40. The molecule has 2 aromatic rings. The van der Waals surface area contributed by atoms with Crippen molar-refractivity contribution < 1.29 is 14.2 Å². The second-order valence-corrected chi connectivity index (χ2v) is 8.81. The summed E-state index contributed by atoms with van der Waals surface area (Å²) >= 11 is 1.96. The Balaban J connectivity index is 1.33. The fraction of sp³-hybridized carbons (Fsp3) is 0.722. The van der Waals surface area contributed by atoms with Gasteiger partial charge in [-0.1, -0.05) is 0 Å². The van der Waals surface area contributed by atoms with Crippen LogP contribution in [-0.2, 0) is 9.53 Å². The minimum absolute atomic E-state index is 0.0737. The maximum Gasteiger partial charge on any atom is 0.245 e. The number of morpholine rings is 1. The Morgan fingerprint density at radius 2 is 1.45 bits per heavy atom. The number of hydrogen-bond acceptors (Lipinski definition) is 10. The summed E-state index contributed by atoms with van der Waals surface area (Å²) in [5.41, 5.74) is 0.876. The molecule has 11 heteroatoms. The third-order valence-electron chi connectivity index (χ3n) is 5.86. The van der Waals surface area contributed by atoms with Gasteiger partial charge in [0.1, 0.15) is 0 Å². The van der Waals surface area contributed by atoms with Gasteiger partial charge in [-0.15, -0.1) is 0 Å². The minimum atomic E-state index is 0.0737. The number of nitrogens with zero attached hydrogens (tertiary/aromatic N) is 7. The smallest absolute Gasteiger partial charge is 0.245 e. The summed E-state index contributed by atoms with van der Waals surface area (Å²) in [6.07, 6.45) is 1.64. The lowest BCUT2D eigenvalue weighted by Crippen LogP contribution is -2.47. The molecule has 10 nitrogen and oxygen atoms in total. The third-order valence-corrected chi connectivity index (χ3v) is 6.80. The second kappa shape index (κ2) is 8.31. The van der Waals surface area contributed by atoms with E-state index in [1.165, 1.54) is 0 Å². The highest BCUT2D eigenvalue weighted by Crippen LogP contribution is 2.32. The van der Waals surface area contributed by atoms with Crippen molar-refractivity contribution in [2.45, 2.75) is 12.8 Å². The van der Waals surface area contributed by atoms with Crippen molar-refractivity contribution in [3.05, 3.63) is 0 Å². The van der Waals surface area contributed by atoms with Gasteiger partial charge in [-0.2, -0.15) is 11.8 Å². The number of piperidine rings is 1. The Labute approximate surface area is 172 Å². The van der Waals surface area contributed by atoms with Gasteiger partial charge in [0.15, 0.2) is 11.6 Å². The number of hydrogen-bond donors (Lipinski definition) is 0. The van der Waals surface area contributed by atoms with Crippen molar-refractivity contribution >= 4 is 40.6 Å². The monoisotopic (exact) mass is 419 g/mol. The Bertz CT molecular complexity index is 858. The molecule has 0 N–H and O–H groups in total. The number of ether oxygens (including phenoxy) is 1. The van der Waals surface area contributed by atoms with E-state index in [1.54, 1.807) is 0 Å². The van der Waals surface area contributed by atoms with E-state index < -0.39 is 0 Å². The molecule has 0 radical (unpaired) electrons. The van der Waals surface area contributed by atoms with E-state index in [0.717, 1.165) is 62.2 Å². The number of rotatable bonds is 3. The highest BCUT2D eigenvalue weighted by molar-refractivity contribution is 7.99. The molecule has 0 atom stereocenters. The topological polar surface area (TPSA) is 101 Å². The number of carbonyl (C=O) groups is 1. The lowest BCUT2D eigenvalue weighted by molar-refractivity contribution is -0.140. The van der Waals surface area contributed by atoms with Gasteiger partial charge < -0.3 is 19.4 Å². The molecule has 5 heterocycles. The number of aromatic nitrogens is 4. The molecule has 1 amide bonds. The van der Waals surface area contributed by atoms with Crippen molar-refractivity contribution in [3.8, 4) is 0 Å². The minimum Gasteiger partial charge on any atom is -0.378 e. The molecule has 3 aliphatic rings. The van der Waals surface area contributed by atoms with Crippen molar-refractivity contribution in [2.24, 2.45) is 5.92 Å². The number of carbonyl (C=O) groups excluding carboxylic acids is 1. The summed E-state index contributed by atoms with van der Waals surface area (Å²) in [4.78, 5) is 28.7. The van der Waals surface area contributed by atoms with Gasteiger partial charge >= 0.3 is 0 Å². The number of thioether (sulfide) groups is 1. The molecule has 0 aliphatic carbocycles. The second-order valence-electron chi connectivity index (χ2n) is 7.58. The quantitative estimate of drug-likeness (QED) is 0.704. The molecular weight excluding hydrogens is 394 g/mol. The van der Waals surface area contributed by atoms with Gasteiger partial charge in [-0.25, -0.2) is 14.6 Å². The lowest BCUT2D eigenvalue weighted by atomic mass is 9.95. The first-order valence-corrected chi connectivity index (χ1v) is 11.4. The van der Waals surface area contributed by atoms with Crippen molar-refractivity contribution in [1.29, 1.82) is 0 Å². The third kappa shape index (κ3) is 3.85. The van der Waals surface area contributed by atoms with Crippen LogP contribution in [0.4, 0.5) is 11.6 Å². The molecule has 3 fully saturated rings. The lowest BCUT2D eigenvalue weighted by Gasteiger charge is -2.37. The molecule has 0 aromatic carbocycles. The molecule has 3 aliphatic heterocycles. The van der Waals surface area contributed by atoms with Crippen LogP contribution >= 0.6 is 11.8 Å². The zero-order valence-electron chi connectivity index (χ0n) is 16.3. The first-order chi connectivity index (χ1) is 14.3. The van der Waals surface area contributed by atoms with Gasteiger partial charge in [0.2, 0.25) is 17.2 Å². The van der Waals surface area contributed by atoms with Crippen molar-refractivity contribution in [3.63, 3.8) is 0 Å². The van der Waals surface area contributed by atoms with E-state index in [4.69, 9.17) is 19.3 Å². The van der Waals surface area contributed by atoms with Crippen LogP contribution in [0.5, 0.6) is 0 Å². The largest absolute Gasteiger partial charge is 0.378 e. The first kappa shape index (κ1) is 18.9. The molecule has 3 saturated heterocycles. The fourth-order valence-electron chi connectivity index (χ4n) is 4.20. The van der Waals surface area contributed by atoms with Crippen LogP contribution in [0.25, 0.3) is 11.3 Å². The van der Waals surface area contributed by atoms with Gasteiger partial charge in [-0.05, 0) is 23.2 Å². The number of amides is 1. The van der Waals surface area contributed by atoms with E-state index >= 15 is 0 Å². The SMILES string of the molecule is O=C(C1CCN(c2nc3nonc3nc2N2CCSCC2)CC1)N1CCOCC1. The van der Waals surface area contributed by atoms with Gasteiger partial charge in [0.25, 0.3) is 0 Å². The van der Waals surface area contributed by atoms with E-state index in [1.807, 2.05) is 16.7 Å². The number of anilines is 2. The van der Waals surface area contributed by atoms with E-state index in [2.05, 4.69) is 20.1 Å². The summed E-state index contributed by atoms with van der Waals surface area (Å²) in [5, 5.41) is 7.76. The molecule has 29 heavy (non-hydrogen) atoms. The van der Waals surface area contributed by atoms with Crippen LogP contribution in [0.2, 0.25) is 0 Å². The predicted octanol–water partition coefficient (Wildman–Crippen LogP) is 0.641. The molecule has 156 valence electrons. The molecule has 0 spiro atoms. The average molecular weight is 420 g/mol. The zero-order chi connectivity index (χ0) is 19.6. The van der Waals surface area contributed by atoms with E-state index in [0.29, 0.717) is 37.6 Å². The molecule has 5 rings (SSSR count). The summed E-state index contributed by atoms with van der Waals surface area (Å²) < 4.78 is 10.2. The number of fused-ring (bicyclic) bond motifs is 1. The van der Waals surface area contributed by atoms with Crippen LogP contribution in [0.1, 0.15) is 12.8 Å². The Hall–Kier alpha value is -2.14. The predicted molar refractivity (Wildman–Crippen MR) is 109 cm³/mol. The van der Waals surface area contributed by atoms with Crippen LogP contribution in [0.15, 0.2) is 4.63 Å². The van der Waals surface area contributed by atoms with Crippen LogP contribution in [-0.4, -0.2) is 95.1 Å². The van der Waals surface area contributed by atoms with Crippen LogP contribution < -0.4 is 9.80 Å². The highest BCUT2D eigenvalue weighted by Gasteiger charge is 2.32. The summed E-state index contributed by atoms with van der Waals surface area (Å²) in [6.45, 7) is 6.13. The normalized spacial score (nSPS) is 21.7. The molecule has 2 aromatic heterocycles.